The van der Waals surface area contributed by atoms with E-state index in [4.69, 9.17) is 0 Å². The molecular weight excluding hydrogens is 457 g/mol. The largest absolute Gasteiger partial charge is 0.355 e. The van der Waals surface area contributed by atoms with Crippen LogP contribution in [0.15, 0.2) is 60.8 Å². The zero-order valence-electron chi connectivity index (χ0n) is 18.4. The molecule has 0 aliphatic carbocycles. The lowest BCUT2D eigenvalue weighted by Gasteiger charge is -2.32. The number of nitrogens with zero attached hydrogens (tertiary/aromatic N) is 3. The van der Waals surface area contributed by atoms with Gasteiger partial charge in [-0.25, -0.2) is 0 Å². The summed E-state index contributed by atoms with van der Waals surface area (Å²) in [6, 6.07) is 16.5. The van der Waals surface area contributed by atoms with Crippen LogP contribution in [0, 0.1) is 0 Å². The monoisotopic (exact) mass is 485 g/mol. The number of hydrogen-bond donors (Lipinski definition) is 2. The minimum absolute atomic E-state index is 0. The average Bonchev–Trinajstić information content (AvgIpc) is 2.85. The zero-order valence-corrected chi connectivity index (χ0v) is 20.0. The van der Waals surface area contributed by atoms with Gasteiger partial charge in [-0.3, -0.25) is 4.79 Å². The van der Waals surface area contributed by atoms with Crippen LogP contribution in [0.5, 0.6) is 0 Å². The van der Waals surface area contributed by atoms with E-state index >= 15 is 0 Å². The number of hydrogen-bond acceptors (Lipinski definition) is 5. The van der Waals surface area contributed by atoms with Crippen LogP contribution in [0.3, 0.4) is 0 Å². The van der Waals surface area contributed by atoms with Crippen LogP contribution in [0.2, 0.25) is 0 Å². The van der Waals surface area contributed by atoms with Crippen LogP contribution in [0.25, 0.3) is 16.3 Å². The van der Waals surface area contributed by atoms with Crippen molar-refractivity contribution in [2.75, 3.05) is 31.1 Å². The third-order valence-electron chi connectivity index (χ3n) is 6.23. The first kappa shape index (κ1) is 25.0. The predicted molar refractivity (Wildman–Crippen MR) is 139 cm³/mol. The third-order valence-corrected chi connectivity index (χ3v) is 6.23. The molecule has 1 fully saturated rings. The maximum atomic E-state index is 12.9. The fourth-order valence-electron chi connectivity index (χ4n) is 4.54. The molecular formula is C25H29Cl2N5O. The molecule has 5 rings (SSSR count). The van der Waals surface area contributed by atoms with Gasteiger partial charge in [0.25, 0.3) is 5.91 Å². The number of carbonyl (C=O) groups is 1. The summed E-state index contributed by atoms with van der Waals surface area (Å²) in [4.78, 5) is 15.2. The van der Waals surface area contributed by atoms with Gasteiger partial charge < -0.3 is 15.5 Å². The van der Waals surface area contributed by atoms with Crippen molar-refractivity contribution in [2.45, 2.75) is 25.3 Å². The van der Waals surface area contributed by atoms with Gasteiger partial charge in [0.1, 0.15) is 0 Å². The molecule has 0 saturated carbocycles. The maximum absolute atomic E-state index is 12.9. The van der Waals surface area contributed by atoms with Crippen LogP contribution in [-0.2, 0) is 0 Å². The third kappa shape index (κ3) is 5.64. The molecule has 3 heterocycles. The predicted octanol–water partition coefficient (Wildman–Crippen LogP) is 4.25. The van der Waals surface area contributed by atoms with Crippen molar-refractivity contribution < 1.29 is 4.79 Å². The number of amides is 1. The molecule has 1 aromatic heterocycles. The van der Waals surface area contributed by atoms with Crippen molar-refractivity contribution >= 4 is 52.9 Å². The van der Waals surface area contributed by atoms with E-state index in [0.29, 0.717) is 0 Å². The van der Waals surface area contributed by atoms with Crippen molar-refractivity contribution in [3.8, 4) is 0 Å². The van der Waals surface area contributed by atoms with Gasteiger partial charge in [0.15, 0.2) is 5.82 Å². The van der Waals surface area contributed by atoms with Crippen LogP contribution in [0.1, 0.15) is 35.2 Å². The first-order chi connectivity index (χ1) is 15.3. The van der Waals surface area contributed by atoms with Gasteiger partial charge >= 0.3 is 0 Å². The molecule has 0 atom stereocenters. The molecule has 33 heavy (non-hydrogen) atoms. The summed E-state index contributed by atoms with van der Waals surface area (Å²) in [5, 5.41) is 17.1. The Morgan fingerprint density at radius 3 is 2.64 bits per heavy atom. The summed E-state index contributed by atoms with van der Waals surface area (Å²) < 4.78 is 0. The molecule has 1 saturated heterocycles. The van der Waals surface area contributed by atoms with Gasteiger partial charge in [-0.2, -0.15) is 5.10 Å². The topological polar surface area (TPSA) is 70.2 Å². The molecule has 1 amide bonds. The highest BCUT2D eigenvalue weighted by molar-refractivity contribution is 6.01. The van der Waals surface area contributed by atoms with Crippen molar-refractivity contribution in [1.29, 1.82) is 0 Å². The summed E-state index contributed by atoms with van der Waals surface area (Å²) in [6.45, 7) is 3.67. The molecule has 0 radical (unpaired) electrons. The van der Waals surface area contributed by atoms with Gasteiger partial charge in [-0.15, -0.1) is 29.9 Å². The average molecular weight is 486 g/mol. The lowest BCUT2D eigenvalue weighted by Crippen LogP contribution is -2.45. The molecule has 6 nitrogen and oxygen atoms in total. The van der Waals surface area contributed by atoms with Crippen LogP contribution in [0.4, 0.5) is 5.82 Å². The molecule has 0 bridgehead atoms. The number of fused-ring (bicyclic) bond motifs is 1. The van der Waals surface area contributed by atoms with Crippen molar-refractivity contribution in [3.63, 3.8) is 0 Å². The fraction of sp³-hybridized carbons (Fsp3) is 0.320. The minimum Gasteiger partial charge on any atom is -0.355 e. The van der Waals surface area contributed by atoms with Crippen LogP contribution >= 0.6 is 24.8 Å². The van der Waals surface area contributed by atoms with Gasteiger partial charge in [0, 0.05) is 37.4 Å². The highest BCUT2D eigenvalue weighted by Crippen LogP contribution is 2.27. The fourth-order valence-corrected chi connectivity index (χ4v) is 4.54. The van der Waals surface area contributed by atoms with Crippen molar-refractivity contribution in [3.05, 3.63) is 71.9 Å². The molecule has 174 valence electrons. The standard InChI is InChI=1S/C25H27N5O.2ClH/c31-25(28-21-10-14-30(15-11-21)24-7-3-13-27-29-24)19-8-9-23-18(16-19)4-1-6-22(23)20-5-2-12-26-17-20;;/h1,3-9,13,16,21,26H,2,10-12,14-15,17H2,(H,28,31);2*1H. The second-order valence-electron chi connectivity index (χ2n) is 8.25. The second kappa shape index (κ2) is 11.5. The lowest BCUT2D eigenvalue weighted by molar-refractivity contribution is 0.0931. The Hall–Kier alpha value is -2.67. The van der Waals surface area contributed by atoms with Gasteiger partial charge in [-0.1, -0.05) is 30.3 Å². The van der Waals surface area contributed by atoms with E-state index in [1.165, 1.54) is 16.5 Å². The summed E-state index contributed by atoms with van der Waals surface area (Å²) in [7, 11) is 0. The number of carbonyl (C=O) groups excluding carboxylic acids is 1. The Bertz CT molecular complexity index is 1110. The summed E-state index contributed by atoms with van der Waals surface area (Å²) in [6.07, 6.45) is 6.87. The van der Waals surface area contributed by atoms with Gasteiger partial charge in [0.05, 0.1) is 0 Å². The van der Waals surface area contributed by atoms with E-state index in [-0.39, 0.29) is 36.8 Å². The highest BCUT2D eigenvalue weighted by atomic mass is 35.5. The molecule has 2 aliphatic heterocycles. The second-order valence-corrected chi connectivity index (χ2v) is 8.25. The number of piperidine rings is 1. The molecule has 2 N–H and O–H groups in total. The Morgan fingerprint density at radius 1 is 1.06 bits per heavy atom. The number of nitrogens with one attached hydrogen (secondary N) is 2. The summed E-state index contributed by atoms with van der Waals surface area (Å²) in [5.74, 6) is 0.907. The Kier molecular flexibility index (Phi) is 8.67. The number of anilines is 1. The molecule has 2 aliphatic rings. The normalized spacial score (nSPS) is 16.4. The molecule has 0 unspecified atom stereocenters. The van der Waals surface area contributed by atoms with Gasteiger partial charge in [0.2, 0.25) is 0 Å². The maximum Gasteiger partial charge on any atom is 0.251 e. The number of aromatic nitrogens is 2. The summed E-state index contributed by atoms with van der Waals surface area (Å²) >= 11 is 0. The SMILES string of the molecule is Cl.Cl.O=C(NC1CCN(c2cccnn2)CC1)c1ccc2c(C3=CCCNC3)cccc2c1. The molecule has 3 aromatic rings. The number of benzene rings is 2. The van der Waals surface area contributed by atoms with Crippen molar-refractivity contribution in [2.24, 2.45) is 0 Å². The smallest absolute Gasteiger partial charge is 0.251 e. The van der Waals surface area contributed by atoms with E-state index in [2.05, 4.69) is 56.1 Å². The first-order valence-electron chi connectivity index (χ1n) is 11.0. The number of rotatable bonds is 4. The van der Waals surface area contributed by atoms with Crippen LogP contribution in [-0.4, -0.2) is 48.3 Å². The van der Waals surface area contributed by atoms with Crippen molar-refractivity contribution in [1.82, 2.24) is 20.8 Å². The van der Waals surface area contributed by atoms with Gasteiger partial charge in [-0.05, 0) is 72.0 Å². The van der Waals surface area contributed by atoms with Crippen LogP contribution < -0.4 is 15.5 Å². The Labute approximate surface area is 206 Å². The zero-order chi connectivity index (χ0) is 21.0. The lowest BCUT2D eigenvalue weighted by atomic mass is 9.95. The van der Waals surface area contributed by atoms with E-state index in [0.717, 1.165) is 62.2 Å². The quantitative estimate of drug-likeness (QED) is 0.577. The first-order valence-corrected chi connectivity index (χ1v) is 11.0. The Balaban J connectivity index is 0.00000153. The molecule has 2 aromatic carbocycles. The van der Waals surface area contributed by atoms with E-state index in [1.807, 2.05) is 24.3 Å². The molecule has 0 spiro atoms. The number of halogens is 2. The van der Waals surface area contributed by atoms with E-state index in [1.54, 1.807) is 6.20 Å². The van der Waals surface area contributed by atoms with E-state index < -0.39 is 0 Å². The highest BCUT2D eigenvalue weighted by Gasteiger charge is 2.22. The molecule has 8 heteroatoms. The Morgan fingerprint density at radius 2 is 1.91 bits per heavy atom. The minimum atomic E-state index is 0. The van der Waals surface area contributed by atoms with E-state index in [9.17, 15) is 4.79 Å². The summed E-state index contributed by atoms with van der Waals surface area (Å²) in [5.41, 5.74) is 3.31.